The van der Waals surface area contributed by atoms with Crippen molar-refractivity contribution in [1.29, 1.82) is 0 Å². The summed E-state index contributed by atoms with van der Waals surface area (Å²) in [5.41, 5.74) is 5.10. The van der Waals surface area contributed by atoms with E-state index in [9.17, 15) is 18.5 Å². The van der Waals surface area contributed by atoms with E-state index in [0.29, 0.717) is 0 Å². The SMILES string of the molecule is NS(=O)(=O)c1ccc(N/N=C/c2ccc(-c3ccccc3)cc2)c([N+](=O)[O-])c1. The molecule has 3 rings (SSSR count). The molecule has 0 radical (unpaired) electrons. The van der Waals surface area contributed by atoms with E-state index in [1.165, 1.54) is 18.3 Å². The van der Waals surface area contributed by atoms with Gasteiger partial charge in [-0.05, 0) is 28.8 Å². The van der Waals surface area contributed by atoms with Gasteiger partial charge in [0.25, 0.3) is 5.69 Å². The van der Waals surface area contributed by atoms with Crippen LogP contribution in [0.3, 0.4) is 0 Å². The van der Waals surface area contributed by atoms with Gasteiger partial charge >= 0.3 is 0 Å². The lowest BCUT2D eigenvalue weighted by molar-refractivity contribution is -0.384. The van der Waals surface area contributed by atoms with Gasteiger partial charge < -0.3 is 0 Å². The predicted molar refractivity (Wildman–Crippen MR) is 108 cm³/mol. The van der Waals surface area contributed by atoms with Crippen molar-refractivity contribution < 1.29 is 13.3 Å². The Kier molecular flexibility index (Phi) is 5.48. The maximum absolute atomic E-state index is 11.4. The van der Waals surface area contributed by atoms with Crippen LogP contribution in [0.1, 0.15) is 5.56 Å². The molecule has 0 unspecified atom stereocenters. The van der Waals surface area contributed by atoms with Crippen molar-refractivity contribution in [1.82, 2.24) is 0 Å². The number of hydrogen-bond donors (Lipinski definition) is 2. The van der Waals surface area contributed by atoms with Crippen molar-refractivity contribution in [3.05, 3.63) is 88.5 Å². The Hall–Kier alpha value is -3.56. The van der Waals surface area contributed by atoms with Crippen molar-refractivity contribution in [2.75, 3.05) is 5.43 Å². The van der Waals surface area contributed by atoms with Gasteiger partial charge in [-0.15, -0.1) is 0 Å². The zero-order valence-corrected chi connectivity index (χ0v) is 15.3. The molecule has 0 bridgehead atoms. The molecule has 0 amide bonds. The van der Waals surface area contributed by atoms with Crippen LogP contribution in [0.25, 0.3) is 11.1 Å². The molecular weight excluding hydrogens is 380 g/mol. The molecule has 0 aliphatic carbocycles. The van der Waals surface area contributed by atoms with Crippen molar-refractivity contribution in [2.45, 2.75) is 4.90 Å². The lowest BCUT2D eigenvalue weighted by Crippen LogP contribution is -2.12. The second-order valence-electron chi connectivity index (χ2n) is 5.84. The molecule has 0 atom stereocenters. The molecule has 8 nitrogen and oxygen atoms in total. The minimum atomic E-state index is -4.04. The van der Waals surface area contributed by atoms with E-state index in [4.69, 9.17) is 5.14 Å². The Labute approximate surface area is 161 Å². The standard InChI is InChI=1S/C19H16N4O4S/c20-28(26,27)17-10-11-18(19(12-17)23(24)25)22-21-13-14-6-8-16(9-7-14)15-4-2-1-3-5-15/h1-13,22H,(H2,20,26,27)/b21-13+. The van der Waals surface area contributed by atoms with Gasteiger partial charge in [-0.3, -0.25) is 15.5 Å². The predicted octanol–water partition coefficient (Wildman–Crippen LogP) is 3.36. The van der Waals surface area contributed by atoms with E-state index in [-0.39, 0.29) is 10.6 Å². The van der Waals surface area contributed by atoms with Gasteiger partial charge in [0.2, 0.25) is 10.0 Å². The first-order chi connectivity index (χ1) is 13.3. The zero-order chi connectivity index (χ0) is 20.1. The summed E-state index contributed by atoms with van der Waals surface area (Å²) in [4.78, 5) is 10.1. The Balaban J connectivity index is 1.76. The number of primary sulfonamides is 1. The molecule has 3 aromatic carbocycles. The largest absolute Gasteiger partial charge is 0.295 e. The van der Waals surface area contributed by atoms with Crippen LogP contribution in [0.15, 0.2) is 82.8 Å². The molecule has 3 aromatic rings. The van der Waals surface area contributed by atoms with E-state index < -0.39 is 20.6 Å². The van der Waals surface area contributed by atoms with Gasteiger partial charge in [0, 0.05) is 6.07 Å². The summed E-state index contributed by atoms with van der Waals surface area (Å²) in [7, 11) is -4.04. The topological polar surface area (TPSA) is 128 Å². The fraction of sp³-hybridized carbons (Fsp3) is 0. The van der Waals surface area contributed by atoms with Crippen LogP contribution in [0.5, 0.6) is 0 Å². The fourth-order valence-electron chi connectivity index (χ4n) is 2.50. The Morgan fingerprint density at radius 1 is 0.964 bits per heavy atom. The Morgan fingerprint density at radius 3 is 2.21 bits per heavy atom. The van der Waals surface area contributed by atoms with Crippen molar-refractivity contribution in [2.24, 2.45) is 10.2 Å². The van der Waals surface area contributed by atoms with Crippen LogP contribution in [-0.2, 0) is 10.0 Å². The van der Waals surface area contributed by atoms with Crippen molar-refractivity contribution in [3.63, 3.8) is 0 Å². The zero-order valence-electron chi connectivity index (χ0n) is 14.5. The van der Waals surface area contributed by atoms with Crippen molar-refractivity contribution >= 4 is 27.6 Å². The number of nitrogens with two attached hydrogens (primary N) is 1. The summed E-state index contributed by atoms with van der Waals surface area (Å²) in [5, 5.41) is 20.2. The fourth-order valence-corrected chi connectivity index (χ4v) is 3.04. The highest BCUT2D eigenvalue weighted by Gasteiger charge is 2.18. The first-order valence-electron chi connectivity index (χ1n) is 8.10. The molecule has 0 spiro atoms. The Morgan fingerprint density at radius 2 is 1.61 bits per heavy atom. The van der Waals surface area contributed by atoms with E-state index in [0.717, 1.165) is 22.8 Å². The molecule has 9 heteroatoms. The van der Waals surface area contributed by atoms with Crippen LogP contribution < -0.4 is 10.6 Å². The molecule has 0 aliphatic heterocycles. The quantitative estimate of drug-likeness (QED) is 0.375. The van der Waals surface area contributed by atoms with E-state index in [1.54, 1.807) is 0 Å². The highest BCUT2D eigenvalue weighted by molar-refractivity contribution is 7.89. The minimum Gasteiger partial charge on any atom is -0.272 e. The average molecular weight is 396 g/mol. The molecule has 0 aliphatic rings. The van der Waals surface area contributed by atoms with E-state index >= 15 is 0 Å². The maximum Gasteiger partial charge on any atom is 0.295 e. The minimum absolute atomic E-state index is 0.0505. The molecule has 0 saturated carbocycles. The van der Waals surface area contributed by atoms with Gasteiger partial charge in [0.15, 0.2) is 0 Å². The molecule has 0 heterocycles. The number of nitro benzene ring substituents is 1. The van der Waals surface area contributed by atoms with Crippen LogP contribution in [0, 0.1) is 10.1 Å². The first-order valence-corrected chi connectivity index (χ1v) is 9.65. The number of nitrogens with zero attached hydrogens (tertiary/aromatic N) is 2. The van der Waals surface area contributed by atoms with Crippen LogP contribution in [-0.4, -0.2) is 19.6 Å². The number of hydrogen-bond acceptors (Lipinski definition) is 6. The number of nitrogens with one attached hydrogen (secondary N) is 1. The summed E-state index contributed by atoms with van der Waals surface area (Å²) in [5.74, 6) is 0. The highest BCUT2D eigenvalue weighted by atomic mass is 32.2. The van der Waals surface area contributed by atoms with Gasteiger partial charge in [-0.1, -0.05) is 54.6 Å². The second-order valence-corrected chi connectivity index (χ2v) is 7.40. The summed E-state index contributed by atoms with van der Waals surface area (Å²) in [6.45, 7) is 0. The molecule has 3 N–H and O–H groups in total. The molecular formula is C19H16N4O4S. The van der Waals surface area contributed by atoms with Gasteiger partial charge in [-0.2, -0.15) is 5.10 Å². The lowest BCUT2D eigenvalue weighted by Gasteiger charge is -2.04. The van der Waals surface area contributed by atoms with Crippen LogP contribution in [0.2, 0.25) is 0 Å². The average Bonchev–Trinajstić information content (AvgIpc) is 2.68. The normalized spacial score (nSPS) is 11.5. The number of hydrazone groups is 1. The van der Waals surface area contributed by atoms with Crippen molar-refractivity contribution in [3.8, 4) is 11.1 Å². The monoisotopic (exact) mass is 396 g/mol. The van der Waals surface area contributed by atoms with Gasteiger partial charge in [-0.25, -0.2) is 13.6 Å². The van der Waals surface area contributed by atoms with E-state index in [2.05, 4.69) is 10.5 Å². The summed E-state index contributed by atoms with van der Waals surface area (Å²) >= 11 is 0. The number of rotatable bonds is 6. The summed E-state index contributed by atoms with van der Waals surface area (Å²) < 4.78 is 22.7. The number of anilines is 1. The number of benzene rings is 3. The third kappa shape index (κ3) is 4.58. The summed E-state index contributed by atoms with van der Waals surface area (Å²) in [6, 6.07) is 20.8. The molecule has 0 aromatic heterocycles. The smallest absolute Gasteiger partial charge is 0.272 e. The van der Waals surface area contributed by atoms with Gasteiger partial charge in [0.1, 0.15) is 5.69 Å². The summed E-state index contributed by atoms with van der Waals surface area (Å²) in [6.07, 6.45) is 1.51. The van der Waals surface area contributed by atoms with Gasteiger partial charge in [0.05, 0.1) is 16.0 Å². The highest BCUT2D eigenvalue weighted by Crippen LogP contribution is 2.27. The van der Waals surface area contributed by atoms with E-state index in [1.807, 2.05) is 54.6 Å². The maximum atomic E-state index is 11.4. The van der Waals surface area contributed by atoms with Crippen LogP contribution in [0.4, 0.5) is 11.4 Å². The Bertz CT molecular complexity index is 1130. The number of sulfonamides is 1. The third-order valence-corrected chi connectivity index (χ3v) is 4.82. The second kappa shape index (κ2) is 7.99. The first kappa shape index (κ1) is 19.2. The number of nitro groups is 1. The third-order valence-electron chi connectivity index (χ3n) is 3.91. The molecule has 28 heavy (non-hydrogen) atoms. The molecule has 142 valence electrons. The molecule has 0 saturated heterocycles. The lowest BCUT2D eigenvalue weighted by atomic mass is 10.0. The van der Waals surface area contributed by atoms with Crippen LogP contribution >= 0.6 is 0 Å². The molecule has 0 fully saturated rings.